The van der Waals surface area contributed by atoms with Crippen molar-refractivity contribution in [2.45, 2.75) is 24.1 Å². The summed E-state index contributed by atoms with van der Waals surface area (Å²) in [7, 11) is 0. The standard InChI is InChI=1S/C11H12Cl2/c1-8-2-4-9(5-3-8)6-10-7-11(10,12)13/h2-5,10H,6-7H2,1H3/t10-/m0/s1. The topological polar surface area (TPSA) is 0 Å². The van der Waals surface area contributed by atoms with Crippen LogP contribution in [0.1, 0.15) is 17.5 Å². The van der Waals surface area contributed by atoms with Crippen molar-refractivity contribution in [2.24, 2.45) is 5.92 Å². The summed E-state index contributed by atoms with van der Waals surface area (Å²) in [5.41, 5.74) is 2.63. The van der Waals surface area contributed by atoms with Crippen LogP contribution < -0.4 is 0 Å². The van der Waals surface area contributed by atoms with Crippen LogP contribution in [0.25, 0.3) is 0 Å². The number of benzene rings is 1. The van der Waals surface area contributed by atoms with Crippen molar-refractivity contribution in [1.29, 1.82) is 0 Å². The molecule has 1 aromatic carbocycles. The number of hydrogen-bond acceptors (Lipinski definition) is 0. The van der Waals surface area contributed by atoms with Crippen molar-refractivity contribution < 1.29 is 0 Å². The van der Waals surface area contributed by atoms with Crippen molar-refractivity contribution in [3.8, 4) is 0 Å². The summed E-state index contributed by atoms with van der Waals surface area (Å²) < 4.78 is -0.440. The highest BCUT2D eigenvalue weighted by atomic mass is 35.5. The van der Waals surface area contributed by atoms with Crippen LogP contribution in [0.4, 0.5) is 0 Å². The SMILES string of the molecule is Cc1ccc(C[C@H]2CC2(Cl)Cl)cc1. The largest absolute Gasteiger partial charge is 0.121 e. The van der Waals surface area contributed by atoms with Gasteiger partial charge in [-0.15, -0.1) is 23.2 Å². The van der Waals surface area contributed by atoms with Crippen molar-refractivity contribution in [1.82, 2.24) is 0 Å². The monoisotopic (exact) mass is 214 g/mol. The molecule has 0 heterocycles. The normalized spacial score (nSPS) is 24.4. The molecule has 0 aliphatic heterocycles. The molecule has 0 radical (unpaired) electrons. The third kappa shape index (κ3) is 2.18. The quantitative estimate of drug-likeness (QED) is 0.659. The van der Waals surface area contributed by atoms with Gasteiger partial charge in [0.2, 0.25) is 0 Å². The third-order valence-corrected chi connectivity index (χ3v) is 3.48. The van der Waals surface area contributed by atoms with E-state index in [1.807, 2.05) is 0 Å². The van der Waals surface area contributed by atoms with E-state index in [9.17, 15) is 0 Å². The van der Waals surface area contributed by atoms with Crippen LogP contribution in [-0.2, 0) is 6.42 Å². The van der Waals surface area contributed by atoms with E-state index in [0.29, 0.717) is 5.92 Å². The fraction of sp³-hybridized carbons (Fsp3) is 0.455. The van der Waals surface area contributed by atoms with E-state index in [4.69, 9.17) is 23.2 Å². The first-order chi connectivity index (χ1) is 6.08. The molecule has 2 rings (SSSR count). The molecule has 2 heteroatoms. The molecule has 0 unspecified atom stereocenters. The molecule has 0 amide bonds. The smallest absolute Gasteiger partial charge is 0.101 e. The number of rotatable bonds is 2. The Morgan fingerprint density at radius 1 is 1.31 bits per heavy atom. The molecule has 0 spiro atoms. The number of alkyl halides is 2. The summed E-state index contributed by atoms with van der Waals surface area (Å²) >= 11 is 11.9. The van der Waals surface area contributed by atoms with Crippen molar-refractivity contribution in [2.75, 3.05) is 0 Å². The average Bonchev–Trinajstić information content (AvgIpc) is 2.64. The maximum atomic E-state index is 5.95. The molecule has 70 valence electrons. The van der Waals surface area contributed by atoms with Gasteiger partial charge in [0, 0.05) is 0 Å². The van der Waals surface area contributed by atoms with Gasteiger partial charge >= 0.3 is 0 Å². The fourth-order valence-corrected chi connectivity index (χ4v) is 2.03. The van der Waals surface area contributed by atoms with E-state index < -0.39 is 4.33 Å². The third-order valence-electron chi connectivity index (χ3n) is 2.56. The molecule has 1 fully saturated rings. The lowest BCUT2D eigenvalue weighted by Gasteiger charge is -2.01. The van der Waals surface area contributed by atoms with Crippen molar-refractivity contribution in [3.05, 3.63) is 35.4 Å². The van der Waals surface area contributed by atoms with E-state index >= 15 is 0 Å². The summed E-state index contributed by atoms with van der Waals surface area (Å²) in [5, 5.41) is 0. The van der Waals surface area contributed by atoms with Gasteiger partial charge in [0.25, 0.3) is 0 Å². The van der Waals surface area contributed by atoms with Crippen LogP contribution >= 0.6 is 23.2 Å². The van der Waals surface area contributed by atoms with Gasteiger partial charge in [-0.1, -0.05) is 29.8 Å². The maximum Gasteiger partial charge on any atom is 0.121 e. The second kappa shape index (κ2) is 3.18. The minimum absolute atomic E-state index is 0.440. The van der Waals surface area contributed by atoms with Gasteiger partial charge in [0.15, 0.2) is 0 Å². The Morgan fingerprint density at radius 3 is 2.31 bits per heavy atom. The molecule has 1 aliphatic rings. The van der Waals surface area contributed by atoms with Gasteiger partial charge in [0.05, 0.1) is 0 Å². The minimum Gasteiger partial charge on any atom is -0.101 e. The van der Waals surface area contributed by atoms with E-state index in [2.05, 4.69) is 31.2 Å². The summed E-state index contributed by atoms with van der Waals surface area (Å²) in [5.74, 6) is 0.457. The average molecular weight is 215 g/mol. The lowest BCUT2D eigenvalue weighted by atomic mass is 10.1. The highest BCUT2D eigenvalue weighted by molar-refractivity contribution is 6.50. The lowest BCUT2D eigenvalue weighted by Crippen LogP contribution is -1.94. The zero-order chi connectivity index (χ0) is 9.47. The van der Waals surface area contributed by atoms with Crippen molar-refractivity contribution >= 4 is 23.2 Å². The van der Waals surface area contributed by atoms with E-state index in [-0.39, 0.29) is 0 Å². The Kier molecular flexibility index (Phi) is 2.29. The first-order valence-electron chi connectivity index (χ1n) is 4.51. The molecule has 0 nitrogen and oxygen atoms in total. The molecule has 1 aromatic rings. The Hall–Kier alpha value is -0.200. The molecular formula is C11H12Cl2. The second-order valence-electron chi connectivity index (χ2n) is 3.85. The van der Waals surface area contributed by atoms with E-state index in [0.717, 1.165) is 12.8 Å². The Balaban J connectivity index is 2.00. The maximum absolute atomic E-state index is 5.95. The zero-order valence-corrected chi connectivity index (χ0v) is 9.07. The van der Waals surface area contributed by atoms with E-state index in [1.54, 1.807) is 0 Å². The van der Waals surface area contributed by atoms with Gasteiger partial charge < -0.3 is 0 Å². The van der Waals surface area contributed by atoms with Crippen LogP contribution in [0.2, 0.25) is 0 Å². The molecule has 13 heavy (non-hydrogen) atoms. The number of hydrogen-bond donors (Lipinski definition) is 0. The second-order valence-corrected chi connectivity index (χ2v) is 5.39. The van der Waals surface area contributed by atoms with Gasteiger partial charge in [-0.3, -0.25) is 0 Å². The van der Waals surface area contributed by atoms with Gasteiger partial charge in [-0.2, -0.15) is 0 Å². The van der Waals surface area contributed by atoms with Crippen LogP contribution in [0.3, 0.4) is 0 Å². The Labute approximate surface area is 88.9 Å². The molecule has 0 aromatic heterocycles. The predicted octanol–water partition coefficient (Wildman–Crippen LogP) is 3.73. The first-order valence-corrected chi connectivity index (χ1v) is 5.27. The van der Waals surface area contributed by atoms with Crippen LogP contribution in [-0.4, -0.2) is 4.33 Å². The Morgan fingerprint density at radius 2 is 1.85 bits per heavy atom. The molecule has 0 bridgehead atoms. The predicted molar refractivity (Wildman–Crippen MR) is 57.4 cm³/mol. The van der Waals surface area contributed by atoms with Gasteiger partial charge in [-0.25, -0.2) is 0 Å². The molecule has 1 saturated carbocycles. The first kappa shape index (κ1) is 9.36. The van der Waals surface area contributed by atoms with Gasteiger partial charge in [0.1, 0.15) is 4.33 Å². The highest BCUT2D eigenvalue weighted by Crippen LogP contribution is 2.54. The zero-order valence-electron chi connectivity index (χ0n) is 7.56. The molecule has 0 N–H and O–H groups in total. The van der Waals surface area contributed by atoms with Crippen LogP contribution in [0.15, 0.2) is 24.3 Å². The fourth-order valence-electron chi connectivity index (χ4n) is 1.50. The summed E-state index contributed by atoms with van der Waals surface area (Å²) in [6.45, 7) is 2.09. The lowest BCUT2D eigenvalue weighted by molar-refractivity contribution is 0.819. The summed E-state index contributed by atoms with van der Waals surface area (Å²) in [6.07, 6.45) is 1.94. The Bertz CT molecular complexity index is 300. The summed E-state index contributed by atoms with van der Waals surface area (Å²) in [6, 6.07) is 8.55. The number of halogens is 2. The molecule has 1 atom stereocenters. The van der Waals surface area contributed by atoms with Crippen LogP contribution in [0.5, 0.6) is 0 Å². The van der Waals surface area contributed by atoms with E-state index in [1.165, 1.54) is 11.1 Å². The molecule has 1 aliphatic carbocycles. The van der Waals surface area contributed by atoms with Crippen molar-refractivity contribution in [3.63, 3.8) is 0 Å². The molecule has 0 saturated heterocycles. The highest BCUT2D eigenvalue weighted by Gasteiger charge is 2.50. The minimum atomic E-state index is -0.440. The summed E-state index contributed by atoms with van der Waals surface area (Å²) in [4.78, 5) is 0. The number of aryl methyl sites for hydroxylation is 1. The van der Waals surface area contributed by atoms with Crippen LogP contribution in [0, 0.1) is 12.8 Å². The van der Waals surface area contributed by atoms with Gasteiger partial charge in [-0.05, 0) is 31.2 Å². The molecular weight excluding hydrogens is 203 g/mol.